The normalized spacial score (nSPS) is 14.6. The number of halogens is 2. The number of ether oxygens (including phenoxy) is 1. The van der Waals surface area contributed by atoms with Gasteiger partial charge in [0.15, 0.2) is 11.6 Å². The highest BCUT2D eigenvalue weighted by molar-refractivity contribution is 6.01. The molecule has 0 saturated heterocycles. The SMILES string of the molecule is CN(C)CCCNC(=O)c1cc2c(cnn2CC2CCCCC2)cc1Oc1ccc(F)cc1F. The average Bonchev–Trinajstić information content (AvgIpc) is 3.20. The molecule has 0 unspecified atom stereocenters. The molecule has 0 spiro atoms. The summed E-state index contributed by atoms with van der Waals surface area (Å²) in [5.41, 5.74) is 1.14. The molecule has 8 heteroatoms. The van der Waals surface area contributed by atoms with Crippen LogP contribution in [-0.4, -0.2) is 47.8 Å². The number of aromatic nitrogens is 2. The van der Waals surface area contributed by atoms with Crippen LogP contribution in [-0.2, 0) is 6.54 Å². The maximum absolute atomic E-state index is 14.3. The number of fused-ring (bicyclic) bond motifs is 1. The van der Waals surface area contributed by atoms with Gasteiger partial charge in [-0.05, 0) is 70.1 Å². The Bertz CT molecular complexity index is 1140. The Balaban J connectivity index is 1.64. The Morgan fingerprint density at radius 3 is 2.68 bits per heavy atom. The third-order valence-corrected chi connectivity index (χ3v) is 6.33. The van der Waals surface area contributed by atoms with Gasteiger partial charge in [-0.15, -0.1) is 0 Å². The molecule has 1 aliphatic carbocycles. The van der Waals surface area contributed by atoms with Gasteiger partial charge in [-0.3, -0.25) is 9.48 Å². The maximum Gasteiger partial charge on any atom is 0.255 e. The summed E-state index contributed by atoms with van der Waals surface area (Å²) >= 11 is 0. The molecule has 0 aliphatic heterocycles. The van der Waals surface area contributed by atoms with Gasteiger partial charge in [0.1, 0.15) is 11.6 Å². The van der Waals surface area contributed by atoms with Crippen molar-refractivity contribution in [2.24, 2.45) is 5.92 Å². The summed E-state index contributed by atoms with van der Waals surface area (Å²) in [5, 5.41) is 8.30. The molecule has 2 aromatic carbocycles. The summed E-state index contributed by atoms with van der Waals surface area (Å²) in [6, 6.07) is 6.58. The highest BCUT2D eigenvalue weighted by atomic mass is 19.1. The number of benzene rings is 2. The van der Waals surface area contributed by atoms with E-state index in [1.807, 2.05) is 23.7 Å². The number of amides is 1. The quantitative estimate of drug-likeness (QED) is 0.427. The third-order valence-electron chi connectivity index (χ3n) is 6.33. The number of carbonyl (C=O) groups excluding carboxylic acids is 1. The Morgan fingerprint density at radius 1 is 1.15 bits per heavy atom. The largest absolute Gasteiger partial charge is 0.453 e. The molecule has 1 aromatic heterocycles. The van der Waals surface area contributed by atoms with Gasteiger partial charge in [0, 0.05) is 24.5 Å². The first-order valence-electron chi connectivity index (χ1n) is 12.0. The lowest BCUT2D eigenvalue weighted by atomic mass is 9.89. The van der Waals surface area contributed by atoms with Crippen LogP contribution < -0.4 is 10.1 Å². The predicted molar refractivity (Wildman–Crippen MR) is 128 cm³/mol. The fourth-order valence-corrected chi connectivity index (χ4v) is 4.50. The van der Waals surface area contributed by atoms with E-state index in [9.17, 15) is 13.6 Å². The van der Waals surface area contributed by atoms with Gasteiger partial charge < -0.3 is 15.0 Å². The van der Waals surface area contributed by atoms with Crippen molar-refractivity contribution in [3.63, 3.8) is 0 Å². The summed E-state index contributed by atoms with van der Waals surface area (Å²) < 4.78 is 35.4. The lowest BCUT2D eigenvalue weighted by Gasteiger charge is -2.21. The third kappa shape index (κ3) is 5.91. The van der Waals surface area contributed by atoms with E-state index in [4.69, 9.17) is 4.74 Å². The first-order chi connectivity index (χ1) is 16.4. The van der Waals surface area contributed by atoms with Crippen LogP contribution in [0.4, 0.5) is 8.78 Å². The Hall–Kier alpha value is -3.00. The van der Waals surface area contributed by atoms with Crippen molar-refractivity contribution in [1.82, 2.24) is 20.0 Å². The fourth-order valence-electron chi connectivity index (χ4n) is 4.50. The molecule has 0 radical (unpaired) electrons. The molecule has 1 amide bonds. The van der Waals surface area contributed by atoms with Crippen molar-refractivity contribution in [1.29, 1.82) is 0 Å². The van der Waals surface area contributed by atoms with E-state index in [2.05, 4.69) is 10.4 Å². The molecule has 3 aromatic rings. The van der Waals surface area contributed by atoms with Crippen LogP contribution in [0.1, 0.15) is 48.9 Å². The molecule has 0 atom stereocenters. The van der Waals surface area contributed by atoms with Crippen molar-refractivity contribution in [2.45, 2.75) is 45.1 Å². The van der Waals surface area contributed by atoms with Crippen molar-refractivity contribution >= 4 is 16.8 Å². The molecule has 1 aliphatic rings. The standard InChI is InChI=1S/C26H32F2N4O2/c1-31(2)12-6-11-29-26(33)21-15-23-19(16-30-32(23)17-18-7-4-3-5-8-18)13-25(21)34-24-10-9-20(27)14-22(24)28/h9-10,13-16,18H,3-8,11-12,17H2,1-2H3,(H,29,33). The van der Waals surface area contributed by atoms with Crippen molar-refractivity contribution in [3.05, 3.63) is 53.7 Å². The van der Waals surface area contributed by atoms with Gasteiger partial charge in [-0.25, -0.2) is 8.78 Å². The van der Waals surface area contributed by atoms with Crippen LogP contribution >= 0.6 is 0 Å². The summed E-state index contributed by atoms with van der Waals surface area (Å²) in [7, 11) is 3.96. The number of nitrogens with zero attached hydrogens (tertiary/aromatic N) is 3. The van der Waals surface area contributed by atoms with E-state index in [1.165, 1.54) is 38.2 Å². The zero-order valence-corrected chi connectivity index (χ0v) is 19.8. The van der Waals surface area contributed by atoms with Crippen LogP contribution in [0, 0.1) is 17.6 Å². The maximum atomic E-state index is 14.3. The first-order valence-corrected chi connectivity index (χ1v) is 12.0. The summed E-state index contributed by atoms with van der Waals surface area (Å²) in [4.78, 5) is 15.2. The van der Waals surface area contributed by atoms with Gasteiger partial charge in [0.05, 0.1) is 17.3 Å². The molecule has 0 bridgehead atoms. The minimum atomic E-state index is -0.828. The van der Waals surface area contributed by atoms with Gasteiger partial charge >= 0.3 is 0 Å². The van der Waals surface area contributed by atoms with Gasteiger partial charge in [-0.2, -0.15) is 5.10 Å². The van der Waals surface area contributed by atoms with Crippen molar-refractivity contribution in [2.75, 3.05) is 27.2 Å². The van der Waals surface area contributed by atoms with E-state index < -0.39 is 11.6 Å². The van der Waals surface area contributed by atoms with Gasteiger partial charge in [0.25, 0.3) is 5.91 Å². The molecular formula is C26H32F2N4O2. The zero-order valence-electron chi connectivity index (χ0n) is 19.8. The Morgan fingerprint density at radius 2 is 1.94 bits per heavy atom. The van der Waals surface area contributed by atoms with E-state index in [0.29, 0.717) is 18.0 Å². The van der Waals surface area contributed by atoms with Crippen LogP contribution in [0.25, 0.3) is 10.9 Å². The fraction of sp³-hybridized carbons (Fsp3) is 0.462. The molecule has 182 valence electrons. The Labute approximate surface area is 198 Å². The monoisotopic (exact) mass is 470 g/mol. The molecule has 1 fully saturated rings. The highest BCUT2D eigenvalue weighted by Crippen LogP contribution is 2.33. The molecule has 1 saturated carbocycles. The predicted octanol–water partition coefficient (Wildman–Crippen LogP) is 5.37. The van der Waals surface area contributed by atoms with E-state index >= 15 is 0 Å². The summed E-state index contributed by atoms with van der Waals surface area (Å²) in [6.07, 6.45) is 8.68. The molecule has 34 heavy (non-hydrogen) atoms. The molecule has 4 rings (SSSR count). The number of hydrogen-bond donors (Lipinski definition) is 1. The van der Waals surface area contributed by atoms with E-state index in [0.717, 1.165) is 42.5 Å². The van der Waals surface area contributed by atoms with Crippen molar-refractivity contribution in [3.8, 4) is 11.5 Å². The minimum Gasteiger partial charge on any atom is -0.453 e. The van der Waals surface area contributed by atoms with Crippen LogP contribution in [0.2, 0.25) is 0 Å². The number of rotatable bonds is 9. The van der Waals surface area contributed by atoms with Gasteiger partial charge in [0.2, 0.25) is 0 Å². The van der Waals surface area contributed by atoms with Gasteiger partial charge in [-0.1, -0.05) is 19.3 Å². The summed E-state index contributed by atoms with van der Waals surface area (Å²) in [6.45, 7) is 2.15. The van der Waals surface area contributed by atoms with Crippen molar-refractivity contribution < 1.29 is 18.3 Å². The second-order valence-electron chi connectivity index (χ2n) is 9.33. The molecule has 1 heterocycles. The smallest absolute Gasteiger partial charge is 0.255 e. The Kier molecular flexibility index (Phi) is 7.77. The number of nitrogens with one attached hydrogen (secondary N) is 1. The summed E-state index contributed by atoms with van der Waals surface area (Å²) in [5.74, 6) is -1.18. The molecular weight excluding hydrogens is 438 g/mol. The molecule has 1 N–H and O–H groups in total. The lowest BCUT2D eigenvalue weighted by Crippen LogP contribution is -2.27. The topological polar surface area (TPSA) is 59.4 Å². The number of carbonyl (C=O) groups is 1. The molecule has 6 nitrogen and oxygen atoms in total. The lowest BCUT2D eigenvalue weighted by molar-refractivity contribution is 0.0950. The van der Waals surface area contributed by atoms with Crippen LogP contribution in [0.3, 0.4) is 0 Å². The second kappa shape index (κ2) is 11.0. The zero-order chi connectivity index (χ0) is 24.1. The van der Waals surface area contributed by atoms with E-state index in [1.54, 1.807) is 18.3 Å². The first kappa shape index (κ1) is 24.1. The van der Waals surface area contributed by atoms with Crippen LogP contribution in [0.15, 0.2) is 36.5 Å². The second-order valence-corrected chi connectivity index (χ2v) is 9.33. The van der Waals surface area contributed by atoms with Crippen LogP contribution in [0.5, 0.6) is 11.5 Å². The average molecular weight is 471 g/mol. The van der Waals surface area contributed by atoms with E-state index in [-0.39, 0.29) is 17.4 Å². The highest BCUT2D eigenvalue weighted by Gasteiger charge is 2.20. The number of hydrogen-bond acceptors (Lipinski definition) is 4. The minimum absolute atomic E-state index is 0.142.